The predicted molar refractivity (Wildman–Crippen MR) is 109 cm³/mol. The van der Waals surface area contributed by atoms with E-state index in [0.29, 0.717) is 0 Å². The Morgan fingerprint density at radius 3 is 2.38 bits per heavy atom. The molecule has 0 spiro atoms. The van der Waals surface area contributed by atoms with E-state index in [-0.39, 0.29) is 6.04 Å². The highest BCUT2D eigenvalue weighted by Gasteiger charge is 2.14. The van der Waals surface area contributed by atoms with Crippen LogP contribution >= 0.6 is 0 Å². The number of benzene rings is 2. The zero-order chi connectivity index (χ0) is 18.5. The molecule has 1 saturated heterocycles. The summed E-state index contributed by atoms with van der Waals surface area (Å²) in [6, 6.07) is 15.6. The molecule has 1 aliphatic rings. The normalized spacial score (nSPS) is 16.5. The van der Waals surface area contributed by atoms with Gasteiger partial charge in [0.2, 0.25) is 0 Å². The zero-order valence-electron chi connectivity index (χ0n) is 16.5. The first kappa shape index (κ1) is 18.7. The van der Waals surface area contributed by atoms with Crippen LogP contribution in [0.4, 0.5) is 5.69 Å². The van der Waals surface area contributed by atoms with Crippen LogP contribution in [0.25, 0.3) is 0 Å². The van der Waals surface area contributed by atoms with Crippen molar-refractivity contribution in [2.75, 3.05) is 45.2 Å². The number of rotatable bonds is 6. The lowest BCUT2D eigenvalue weighted by Crippen LogP contribution is -2.44. The van der Waals surface area contributed by atoms with Crippen LogP contribution in [0.3, 0.4) is 0 Å². The molecule has 4 heteroatoms. The smallest absolute Gasteiger partial charge is 0.123 e. The van der Waals surface area contributed by atoms with Gasteiger partial charge in [0, 0.05) is 50.0 Å². The Kier molecular flexibility index (Phi) is 6.17. The Labute approximate surface area is 157 Å². The maximum Gasteiger partial charge on any atom is 0.123 e. The van der Waals surface area contributed by atoms with Crippen molar-refractivity contribution >= 4 is 5.69 Å². The van der Waals surface area contributed by atoms with Crippen LogP contribution in [0.5, 0.6) is 5.75 Å². The van der Waals surface area contributed by atoms with E-state index in [1.165, 1.54) is 22.4 Å². The van der Waals surface area contributed by atoms with Crippen molar-refractivity contribution in [2.45, 2.75) is 26.4 Å². The quantitative estimate of drug-likeness (QED) is 0.859. The largest absolute Gasteiger partial charge is 0.496 e. The number of nitrogens with zero attached hydrogens (tertiary/aromatic N) is 2. The van der Waals surface area contributed by atoms with Gasteiger partial charge in [-0.3, -0.25) is 0 Å². The van der Waals surface area contributed by atoms with E-state index in [0.717, 1.165) is 38.5 Å². The molecule has 1 unspecified atom stereocenters. The number of ether oxygens (including phenoxy) is 1. The molecule has 4 nitrogen and oxygen atoms in total. The lowest BCUT2D eigenvalue weighted by atomic mass is 10.0. The summed E-state index contributed by atoms with van der Waals surface area (Å²) < 4.78 is 5.51. The Bertz CT molecular complexity index is 706. The minimum absolute atomic E-state index is 0.238. The fourth-order valence-corrected chi connectivity index (χ4v) is 3.46. The Morgan fingerprint density at radius 2 is 1.73 bits per heavy atom. The summed E-state index contributed by atoms with van der Waals surface area (Å²) in [5.41, 5.74) is 5.10. The highest BCUT2D eigenvalue weighted by molar-refractivity contribution is 5.48. The molecule has 1 atom stereocenters. The van der Waals surface area contributed by atoms with Crippen molar-refractivity contribution in [3.05, 3.63) is 59.2 Å². The molecule has 0 amide bonds. The molecule has 0 saturated carbocycles. The molecule has 2 aromatic carbocycles. The monoisotopic (exact) mass is 353 g/mol. The SMILES string of the molecule is COc1ccc(C)cc1C(C)NCc1ccc(N2CCN(C)CC2)cc1. The van der Waals surface area contributed by atoms with E-state index in [1.54, 1.807) is 7.11 Å². The summed E-state index contributed by atoms with van der Waals surface area (Å²) >= 11 is 0. The van der Waals surface area contributed by atoms with E-state index < -0.39 is 0 Å². The molecule has 26 heavy (non-hydrogen) atoms. The predicted octanol–water partition coefficient (Wildman–Crippen LogP) is 3.61. The van der Waals surface area contributed by atoms with Gasteiger partial charge in [0.05, 0.1) is 7.11 Å². The van der Waals surface area contributed by atoms with Crippen molar-refractivity contribution in [3.8, 4) is 5.75 Å². The van der Waals surface area contributed by atoms with Crippen molar-refractivity contribution in [3.63, 3.8) is 0 Å². The van der Waals surface area contributed by atoms with E-state index in [2.05, 4.69) is 72.4 Å². The van der Waals surface area contributed by atoms with Gasteiger partial charge in [-0.1, -0.05) is 29.8 Å². The van der Waals surface area contributed by atoms with Crippen LogP contribution in [-0.4, -0.2) is 45.2 Å². The Hall–Kier alpha value is -2.04. The molecule has 1 fully saturated rings. The molecule has 1 heterocycles. The number of anilines is 1. The average molecular weight is 354 g/mol. The van der Waals surface area contributed by atoms with Crippen LogP contribution in [0.1, 0.15) is 29.7 Å². The third-order valence-electron chi connectivity index (χ3n) is 5.27. The molecule has 1 N–H and O–H groups in total. The Morgan fingerprint density at radius 1 is 1.04 bits per heavy atom. The average Bonchev–Trinajstić information content (AvgIpc) is 2.67. The van der Waals surface area contributed by atoms with Gasteiger partial charge < -0.3 is 19.9 Å². The summed E-state index contributed by atoms with van der Waals surface area (Å²) in [5.74, 6) is 0.945. The van der Waals surface area contributed by atoms with E-state index in [4.69, 9.17) is 4.74 Å². The van der Waals surface area contributed by atoms with E-state index >= 15 is 0 Å². The van der Waals surface area contributed by atoms with Gasteiger partial charge in [0.25, 0.3) is 0 Å². The maximum atomic E-state index is 5.51. The van der Waals surface area contributed by atoms with Crippen LogP contribution in [-0.2, 0) is 6.54 Å². The van der Waals surface area contributed by atoms with Crippen molar-refractivity contribution < 1.29 is 4.74 Å². The molecule has 0 aromatic heterocycles. The molecule has 0 aliphatic carbocycles. The minimum Gasteiger partial charge on any atom is -0.496 e. The summed E-state index contributed by atoms with van der Waals surface area (Å²) in [6.07, 6.45) is 0. The van der Waals surface area contributed by atoms with Crippen molar-refractivity contribution in [2.24, 2.45) is 0 Å². The third kappa shape index (κ3) is 4.57. The van der Waals surface area contributed by atoms with Gasteiger partial charge in [-0.2, -0.15) is 0 Å². The van der Waals surface area contributed by atoms with Crippen LogP contribution in [0.2, 0.25) is 0 Å². The number of aryl methyl sites for hydroxylation is 1. The second kappa shape index (κ2) is 8.56. The topological polar surface area (TPSA) is 27.7 Å². The number of likely N-dealkylation sites (N-methyl/N-ethyl adjacent to an activating group) is 1. The van der Waals surface area contributed by atoms with Crippen LogP contribution in [0.15, 0.2) is 42.5 Å². The molecule has 1 aliphatic heterocycles. The number of hydrogen-bond acceptors (Lipinski definition) is 4. The Balaban J connectivity index is 1.59. The second-order valence-electron chi connectivity index (χ2n) is 7.30. The van der Waals surface area contributed by atoms with Gasteiger partial charge in [0.15, 0.2) is 0 Å². The van der Waals surface area contributed by atoms with Crippen molar-refractivity contribution in [1.29, 1.82) is 0 Å². The number of hydrogen-bond donors (Lipinski definition) is 1. The van der Waals surface area contributed by atoms with E-state index in [9.17, 15) is 0 Å². The maximum absolute atomic E-state index is 5.51. The van der Waals surface area contributed by atoms with Gasteiger partial charge >= 0.3 is 0 Å². The van der Waals surface area contributed by atoms with E-state index in [1.807, 2.05) is 6.07 Å². The number of methoxy groups -OCH3 is 1. The highest BCUT2D eigenvalue weighted by Crippen LogP contribution is 2.26. The lowest BCUT2D eigenvalue weighted by molar-refractivity contribution is 0.313. The first-order chi connectivity index (χ1) is 12.6. The van der Waals surface area contributed by atoms with Gasteiger partial charge in [-0.05, 0) is 44.7 Å². The van der Waals surface area contributed by atoms with Crippen LogP contribution in [0, 0.1) is 6.92 Å². The molecule has 2 aromatic rings. The fourth-order valence-electron chi connectivity index (χ4n) is 3.46. The third-order valence-corrected chi connectivity index (χ3v) is 5.27. The first-order valence-electron chi connectivity index (χ1n) is 9.47. The fraction of sp³-hybridized carbons (Fsp3) is 0.455. The molecule has 0 radical (unpaired) electrons. The van der Waals surface area contributed by atoms with Gasteiger partial charge in [-0.25, -0.2) is 0 Å². The number of piperazine rings is 1. The van der Waals surface area contributed by atoms with Crippen molar-refractivity contribution in [1.82, 2.24) is 10.2 Å². The van der Waals surface area contributed by atoms with Gasteiger partial charge in [0.1, 0.15) is 5.75 Å². The molecular weight excluding hydrogens is 322 g/mol. The second-order valence-corrected chi connectivity index (χ2v) is 7.30. The number of nitrogens with one attached hydrogen (secondary N) is 1. The molecule has 3 rings (SSSR count). The standard InChI is InChI=1S/C22H31N3O/c1-17-5-10-22(26-4)21(15-17)18(2)23-16-19-6-8-20(9-7-19)25-13-11-24(3)12-14-25/h5-10,15,18,23H,11-14,16H2,1-4H3. The first-order valence-corrected chi connectivity index (χ1v) is 9.47. The molecular formula is C22H31N3O. The summed E-state index contributed by atoms with van der Waals surface area (Å²) in [7, 11) is 3.93. The molecule has 0 bridgehead atoms. The summed E-state index contributed by atoms with van der Waals surface area (Å²) in [4.78, 5) is 4.85. The minimum atomic E-state index is 0.238. The lowest BCUT2D eigenvalue weighted by Gasteiger charge is -2.34. The highest BCUT2D eigenvalue weighted by atomic mass is 16.5. The summed E-state index contributed by atoms with van der Waals surface area (Å²) in [5, 5.41) is 3.62. The van der Waals surface area contributed by atoms with Crippen LogP contribution < -0.4 is 15.0 Å². The summed E-state index contributed by atoms with van der Waals surface area (Å²) in [6.45, 7) is 9.65. The van der Waals surface area contributed by atoms with Gasteiger partial charge in [-0.15, -0.1) is 0 Å². The zero-order valence-corrected chi connectivity index (χ0v) is 16.5. The molecule has 140 valence electrons.